The molecule has 0 bridgehead atoms. The third kappa shape index (κ3) is 6.22. The molecule has 4 atom stereocenters. The Balaban J connectivity index is 1.81. The van der Waals surface area contributed by atoms with Crippen LogP contribution in [-0.4, -0.2) is 60.3 Å². The summed E-state index contributed by atoms with van der Waals surface area (Å²) in [6.07, 6.45) is -4.06. The topological polar surface area (TPSA) is 118 Å². The van der Waals surface area contributed by atoms with Crippen LogP contribution in [0.2, 0.25) is 0 Å². The molecule has 210 valence electrons. The maximum absolute atomic E-state index is 12.1. The number of rotatable bonds is 9. The molecule has 1 heterocycles. The van der Waals surface area contributed by atoms with Gasteiger partial charge in [0.05, 0.1) is 6.61 Å². The lowest BCUT2D eigenvalue weighted by Gasteiger charge is -2.46. The molecule has 1 N–H and O–H groups in total. The van der Waals surface area contributed by atoms with E-state index in [-0.39, 0.29) is 6.61 Å². The average molecular weight is 549 g/mol. The van der Waals surface area contributed by atoms with Gasteiger partial charge in [0.1, 0.15) is 12.2 Å². The van der Waals surface area contributed by atoms with Gasteiger partial charge in [-0.25, -0.2) is 0 Å². The molecule has 1 aliphatic heterocycles. The lowest BCUT2D eigenvalue weighted by atomic mass is 9.80. The predicted molar refractivity (Wildman–Crippen MR) is 143 cm³/mol. The molecule has 0 aromatic heterocycles. The first kappa shape index (κ1) is 28.9. The van der Waals surface area contributed by atoms with E-state index in [4.69, 9.17) is 23.7 Å². The summed E-state index contributed by atoms with van der Waals surface area (Å²) in [5, 5.41) is 11.9. The van der Waals surface area contributed by atoms with E-state index in [0.717, 1.165) is 30.5 Å². The zero-order valence-electron chi connectivity index (χ0n) is 22.5. The zero-order chi connectivity index (χ0) is 28.8. The van der Waals surface area contributed by atoms with Gasteiger partial charge in [-0.2, -0.15) is 0 Å². The second-order valence-corrected chi connectivity index (χ2v) is 9.48. The van der Waals surface area contributed by atoms with Crippen molar-refractivity contribution in [3.63, 3.8) is 0 Å². The van der Waals surface area contributed by atoms with Crippen LogP contribution in [0.15, 0.2) is 91.0 Å². The van der Waals surface area contributed by atoms with Crippen molar-refractivity contribution in [2.24, 2.45) is 0 Å². The van der Waals surface area contributed by atoms with Gasteiger partial charge in [0.25, 0.3) is 0 Å². The van der Waals surface area contributed by atoms with Gasteiger partial charge in [-0.05, 0) is 16.7 Å². The number of hydrogen-bond donors (Lipinski definition) is 1. The highest BCUT2D eigenvalue weighted by Gasteiger charge is 2.57. The number of hydrogen-bond acceptors (Lipinski definition) is 9. The predicted octanol–water partition coefficient (Wildman–Crippen LogP) is 3.51. The van der Waals surface area contributed by atoms with Gasteiger partial charge in [-0.15, -0.1) is 0 Å². The lowest BCUT2D eigenvalue weighted by Crippen LogP contribution is -2.66. The number of ether oxygens (including phenoxy) is 5. The van der Waals surface area contributed by atoms with Gasteiger partial charge in [0.2, 0.25) is 5.79 Å². The SMILES string of the molecule is CC(=O)O[C@@H]1[C@@H](OC(C)=O)CO[C@](O)(COC(c2ccccc2)(c2ccccc2)c2ccccc2)[C@@H]1OC(C)=O. The minimum Gasteiger partial charge on any atom is -0.456 e. The van der Waals surface area contributed by atoms with E-state index in [1.165, 1.54) is 6.92 Å². The van der Waals surface area contributed by atoms with E-state index in [1.807, 2.05) is 91.0 Å². The smallest absolute Gasteiger partial charge is 0.303 e. The molecular weight excluding hydrogens is 516 g/mol. The van der Waals surface area contributed by atoms with Gasteiger partial charge in [0, 0.05) is 20.8 Å². The molecule has 0 saturated carbocycles. The molecular formula is C31H32O9. The third-order valence-corrected chi connectivity index (χ3v) is 6.56. The lowest BCUT2D eigenvalue weighted by molar-refractivity contribution is -0.343. The van der Waals surface area contributed by atoms with Gasteiger partial charge in [-0.1, -0.05) is 91.0 Å². The largest absolute Gasteiger partial charge is 0.456 e. The molecule has 1 saturated heterocycles. The summed E-state index contributed by atoms with van der Waals surface area (Å²) in [6, 6.07) is 28.4. The van der Waals surface area contributed by atoms with Crippen LogP contribution in [0.25, 0.3) is 0 Å². The summed E-state index contributed by atoms with van der Waals surface area (Å²) < 4.78 is 28.6. The van der Waals surface area contributed by atoms with E-state index in [0.29, 0.717) is 0 Å². The van der Waals surface area contributed by atoms with E-state index in [2.05, 4.69) is 0 Å². The number of aliphatic hydroxyl groups is 1. The summed E-state index contributed by atoms with van der Waals surface area (Å²) >= 11 is 0. The van der Waals surface area contributed by atoms with Crippen molar-refractivity contribution in [2.75, 3.05) is 13.2 Å². The molecule has 4 rings (SSSR count). The minimum atomic E-state index is -2.29. The fraction of sp³-hybridized carbons (Fsp3) is 0.323. The van der Waals surface area contributed by atoms with E-state index in [1.54, 1.807) is 0 Å². The van der Waals surface area contributed by atoms with Gasteiger partial charge >= 0.3 is 17.9 Å². The van der Waals surface area contributed by atoms with Crippen molar-refractivity contribution in [3.05, 3.63) is 108 Å². The monoisotopic (exact) mass is 548 g/mol. The number of carbonyl (C=O) groups excluding carboxylic acids is 3. The Morgan fingerprint density at radius 3 is 1.57 bits per heavy atom. The second-order valence-electron chi connectivity index (χ2n) is 9.48. The molecule has 40 heavy (non-hydrogen) atoms. The normalized spacial score (nSPS) is 22.6. The first-order chi connectivity index (χ1) is 19.2. The summed E-state index contributed by atoms with van der Waals surface area (Å²) in [5.74, 6) is -4.44. The number of carbonyl (C=O) groups is 3. The van der Waals surface area contributed by atoms with Crippen molar-refractivity contribution in [1.82, 2.24) is 0 Å². The fourth-order valence-electron chi connectivity index (χ4n) is 4.94. The molecule has 9 nitrogen and oxygen atoms in total. The highest BCUT2D eigenvalue weighted by atomic mass is 16.7. The van der Waals surface area contributed by atoms with Crippen LogP contribution in [0.5, 0.6) is 0 Å². The Hall–Kier alpha value is -4.05. The Morgan fingerprint density at radius 2 is 1.18 bits per heavy atom. The van der Waals surface area contributed by atoms with Crippen LogP contribution in [0.4, 0.5) is 0 Å². The Labute approximate surface area is 232 Å². The van der Waals surface area contributed by atoms with Crippen LogP contribution in [0.1, 0.15) is 37.5 Å². The third-order valence-electron chi connectivity index (χ3n) is 6.56. The highest BCUT2D eigenvalue weighted by Crippen LogP contribution is 2.42. The summed E-state index contributed by atoms with van der Waals surface area (Å²) in [7, 11) is 0. The van der Waals surface area contributed by atoms with Crippen LogP contribution in [0, 0.1) is 0 Å². The molecule has 0 aliphatic carbocycles. The summed E-state index contributed by atoms with van der Waals surface area (Å²) in [5.41, 5.74) is 1.08. The summed E-state index contributed by atoms with van der Waals surface area (Å²) in [6.45, 7) is 2.62. The molecule has 9 heteroatoms. The fourth-order valence-corrected chi connectivity index (χ4v) is 4.94. The molecule has 0 unspecified atom stereocenters. The molecule has 0 radical (unpaired) electrons. The number of esters is 3. The molecule has 1 fully saturated rings. The highest BCUT2D eigenvalue weighted by molar-refractivity contribution is 5.68. The first-order valence-corrected chi connectivity index (χ1v) is 12.8. The van der Waals surface area contributed by atoms with E-state index < -0.39 is 54.2 Å². The van der Waals surface area contributed by atoms with Gasteiger partial charge in [-0.3, -0.25) is 14.4 Å². The summed E-state index contributed by atoms with van der Waals surface area (Å²) in [4.78, 5) is 35.9. The van der Waals surface area contributed by atoms with Crippen molar-refractivity contribution in [1.29, 1.82) is 0 Å². The van der Waals surface area contributed by atoms with Crippen LogP contribution in [0.3, 0.4) is 0 Å². The van der Waals surface area contributed by atoms with Crippen molar-refractivity contribution < 1.29 is 43.2 Å². The van der Waals surface area contributed by atoms with Crippen molar-refractivity contribution in [2.45, 2.75) is 50.5 Å². The maximum atomic E-state index is 12.1. The van der Waals surface area contributed by atoms with Gasteiger partial charge < -0.3 is 28.8 Å². The Morgan fingerprint density at radius 1 is 0.750 bits per heavy atom. The Kier molecular flexibility index (Phi) is 8.99. The van der Waals surface area contributed by atoms with Crippen LogP contribution in [-0.2, 0) is 43.7 Å². The standard InChI is InChI=1S/C31H32O9/c1-21(32)38-27-19-36-30(35,29(40-23(3)34)28(27)39-22(2)33)20-37-31(24-13-7-4-8-14-24,25-15-9-5-10-16-25)26-17-11-6-12-18-26/h4-18,27-29,35H,19-20H2,1-3H3/t27-,28+,29+,30+/m0/s1. The van der Waals surface area contributed by atoms with Gasteiger partial charge in [0.15, 0.2) is 18.3 Å². The molecule has 3 aromatic carbocycles. The molecule has 3 aromatic rings. The molecule has 0 spiro atoms. The number of benzene rings is 3. The Bertz CT molecular complexity index is 1200. The zero-order valence-corrected chi connectivity index (χ0v) is 22.5. The van der Waals surface area contributed by atoms with Crippen molar-refractivity contribution in [3.8, 4) is 0 Å². The van der Waals surface area contributed by atoms with E-state index >= 15 is 0 Å². The van der Waals surface area contributed by atoms with Crippen LogP contribution < -0.4 is 0 Å². The van der Waals surface area contributed by atoms with Crippen LogP contribution >= 0.6 is 0 Å². The second kappa shape index (κ2) is 12.4. The average Bonchev–Trinajstić information content (AvgIpc) is 2.94. The molecule has 0 amide bonds. The van der Waals surface area contributed by atoms with Crippen molar-refractivity contribution >= 4 is 17.9 Å². The quantitative estimate of drug-likeness (QED) is 0.244. The maximum Gasteiger partial charge on any atom is 0.303 e. The first-order valence-electron chi connectivity index (χ1n) is 12.8. The minimum absolute atomic E-state index is 0.343. The van der Waals surface area contributed by atoms with E-state index in [9.17, 15) is 19.5 Å². The molecule has 1 aliphatic rings.